The fraction of sp³-hybridized carbons (Fsp3) is 0.200. The minimum absolute atomic E-state index is 0.0401. The average molecular weight is 252 g/mol. The third-order valence-electron chi connectivity index (χ3n) is 1.74. The number of nitro benzene ring substituents is 1. The van der Waals surface area contributed by atoms with E-state index in [9.17, 15) is 10.1 Å². The van der Waals surface area contributed by atoms with Gasteiger partial charge in [-0.25, -0.2) is 4.99 Å². The monoisotopic (exact) mass is 252 g/mol. The lowest BCUT2D eigenvalue weighted by atomic mass is 10.3. The molecule has 0 amide bonds. The lowest BCUT2D eigenvalue weighted by Crippen LogP contribution is -2.12. The standard InChI is InChI=1S/C10H12N4O2S/c1-13(2)7-11-10(17)12-8-3-5-9(6-4-8)14(15)16/h3-7H,1-2H3,(H,12,17). The maximum absolute atomic E-state index is 10.4. The maximum atomic E-state index is 10.4. The first kappa shape index (κ1) is 13.0. The van der Waals surface area contributed by atoms with E-state index in [2.05, 4.69) is 10.3 Å². The van der Waals surface area contributed by atoms with Crippen LogP contribution < -0.4 is 5.32 Å². The number of hydrogen-bond donors (Lipinski definition) is 1. The van der Waals surface area contributed by atoms with E-state index < -0.39 is 4.92 Å². The molecule has 0 aromatic heterocycles. The minimum atomic E-state index is -0.452. The van der Waals surface area contributed by atoms with E-state index >= 15 is 0 Å². The Morgan fingerprint density at radius 1 is 1.47 bits per heavy atom. The SMILES string of the molecule is CN(C)C=NC(=S)Nc1ccc([N+](=O)[O-])cc1. The highest BCUT2D eigenvalue weighted by Crippen LogP contribution is 2.15. The highest BCUT2D eigenvalue weighted by molar-refractivity contribution is 7.80. The number of anilines is 1. The molecule has 0 aliphatic carbocycles. The van der Waals surface area contributed by atoms with Crippen LogP contribution in [0.25, 0.3) is 0 Å². The first-order valence-corrected chi connectivity index (χ1v) is 5.16. The third kappa shape index (κ3) is 4.56. The van der Waals surface area contributed by atoms with Crippen molar-refractivity contribution in [2.75, 3.05) is 19.4 Å². The molecular weight excluding hydrogens is 240 g/mol. The minimum Gasteiger partial charge on any atom is -0.369 e. The number of nitrogens with one attached hydrogen (secondary N) is 1. The zero-order chi connectivity index (χ0) is 12.8. The second-order valence-electron chi connectivity index (χ2n) is 3.44. The van der Waals surface area contributed by atoms with E-state index in [0.29, 0.717) is 10.8 Å². The molecular formula is C10H12N4O2S. The van der Waals surface area contributed by atoms with Gasteiger partial charge in [0.25, 0.3) is 5.69 Å². The van der Waals surface area contributed by atoms with Gasteiger partial charge in [-0.2, -0.15) is 0 Å². The molecule has 1 rings (SSSR count). The number of hydrogen-bond acceptors (Lipinski definition) is 3. The van der Waals surface area contributed by atoms with Crippen LogP contribution in [0, 0.1) is 10.1 Å². The van der Waals surface area contributed by atoms with Gasteiger partial charge in [0.1, 0.15) is 0 Å². The Kier molecular flexibility index (Phi) is 4.53. The summed E-state index contributed by atoms with van der Waals surface area (Å²) in [6.07, 6.45) is 1.57. The van der Waals surface area contributed by atoms with Crippen molar-refractivity contribution in [1.29, 1.82) is 0 Å². The Balaban J connectivity index is 2.63. The summed E-state index contributed by atoms with van der Waals surface area (Å²) in [6, 6.07) is 5.96. The molecule has 6 nitrogen and oxygen atoms in total. The molecule has 90 valence electrons. The van der Waals surface area contributed by atoms with Crippen molar-refractivity contribution in [2.24, 2.45) is 4.99 Å². The van der Waals surface area contributed by atoms with Crippen LogP contribution in [0.1, 0.15) is 0 Å². The predicted octanol–water partition coefficient (Wildman–Crippen LogP) is 1.88. The van der Waals surface area contributed by atoms with Gasteiger partial charge in [0.05, 0.1) is 11.3 Å². The molecule has 0 radical (unpaired) electrons. The Labute approximate surface area is 104 Å². The molecule has 0 fully saturated rings. The lowest BCUT2D eigenvalue weighted by Gasteiger charge is -2.05. The molecule has 0 aliphatic heterocycles. The van der Waals surface area contributed by atoms with Crippen LogP contribution in [0.2, 0.25) is 0 Å². The highest BCUT2D eigenvalue weighted by atomic mass is 32.1. The van der Waals surface area contributed by atoms with Crippen molar-refractivity contribution in [3.8, 4) is 0 Å². The molecule has 0 saturated heterocycles. The lowest BCUT2D eigenvalue weighted by molar-refractivity contribution is -0.384. The summed E-state index contributed by atoms with van der Waals surface area (Å²) in [6.45, 7) is 0. The molecule has 0 saturated carbocycles. The number of rotatable bonds is 3. The van der Waals surface area contributed by atoms with Gasteiger partial charge in [0, 0.05) is 31.9 Å². The van der Waals surface area contributed by atoms with Crippen molar-refractivity contribution in [3.05, 3.63) is 34.4 Å². The van der Waals surface area contributed by atoms with Gasteiger partial charge < -0.3 is 10.2 Å². The molecule has 7 heteroatoms. The van der Waals surface area contributed by atoms with Crippen LogP contribution >= 0.6 is 12.2 Å². The fourth-order valence-electron chi connectivity index (χ4n) is 0.990. The molecule has 1 aromatic carbocycles. The molecule has 0 bridgehead atoms. The largest absolute Gasteiger partial charge is 0.369 e. The van der Waals surface area contributed by atoms with Gasteiger partial charge in [-0.05, 0) is 24.4 Å². The summed E-state index contributed by atoms with van der Waals surface area (Å²) in [5.74, 6) is 0. The van der Waals surface area contributed by atoms with E-state index in [0.717, 1.165) is 0 Å². The van der Waals surface area contributed by atoms with E-state index in [1.165, 1.54) is 12.1 Å². The molecule has 0 atom stereocenters. The zero-order valence-corrected chi connectivity index (χ0v) is 10.3. The third-order valence-corrected chi connectivity index (χ3v) is 1.94. The van der Waals surface area contributed by atoms with Crippen molar-refractivity contribution in [1.82, 2.24) is 4.90 Å². The number of benzene rings is 1. The Morgan fingerprint density at radius 2 is 2.06 bits per heavy atom. The van der Waals surface area contributed by atoms with Crippen molar-refractivity contribution in [3.63, 3.8) is 0 Å². The summed E-state index contributed by atoms with van der Waals surface area (Å²) in [5.41, 5.74) is 0.703. The Hall–Kier alpha value is -2.02. The van der Waals surface area contributed by atoms with E-state index in [-0.39, 0.29) is 5.69 Å². The second-order valence-corrected chi connectivity index (χ2v) is 3.83. The molecule has 17 heavy (non-hydrogen) atoms. The molecule has 0 heterocycles. The summed E-state index contributed by atoms with van der Waals surface area (Å²) in [7, 11) is 3.66. The van der Waals surface area contributed by atoms with Gasteiger partial charge in [-0.1, -0.05) is 0 Å². The van der Waals surface area contributed by atoms with Crippen LogP contribution in [-0.2, 0) is 0 Å². The number of thiocarbonyl (C=S) groups is 1. The Morgan fingerprint density at radius 3 is 2.53 bits per heavy atom. The van der Waals surface area contributed by atoms with Gasteiger partial charge in [0.15, 0.2) is 5.11 Å². The van der Waals surface area contributed by atoms with Crippen LogP contribution in [0.5, 0.6) is 0 Å². The molecule has 1 aromatic rings. The normalized spacial score (nSPS) is 10.2. The van der Waals surface area contributed by atoms with Crippen LogP contribution in [0.4, 0.5) is 11.4 Å². The molecule has 0 unspecified atom stereocenters. The zero-order valence-electron chi connectivity index (χ0n) is 9.45. The molecule has 1 N–H and O–H groups in total. The summed E-state index contributed by atoms with van der Waals surface area (Å²) in [4.78, 5) is 15.7. The first-order chi connectivity index (χ1) is 7.99. The summed E-state index contributed by atoms with van der Waals surface area (Å²) in [5, 5.41) is 13.6. The Bertz CT molecular complexity index is 442. The van der Waals surface area contributed by atoms with Gasteiger partial charge in [0.2, 0.25) is 0 Å². The van der Waals surface area contributed by atoms with Gasteiger partial charge in [-0.3, -0.25) is 10.1 Å². The summed E-state index contributed by atoms with van der Waals surface area (Å²) >= 11 is 4.97. The molecule has 0 spiro atoms. The van der Waals surface area contributed by atoms with E-state index in [4.69, 9.17) is 12.2 Å². The van der Waals surface area contributed by atoms with Crippen molar-refractivity contribution < 1.29 is 4.92 Å². The van der Waals surface area contributed by atoms with Crippen LogP contribution in [0.3, 0.4) is 0 Å². The van der Waals surface area contributed by atoms with Crippen molar-refractivity contribution in [2.45, 2.75) is 0 Å². The van der Waals surface area contributed by atoms with Gasteiger partial charge >= 0.3 is 0 Å². The number of nitrogens with zero attached hydrogens (tertiary/aromatic N) is 3. The first-order valence-electron chi connectivity index (χ1n) is 4.75. The van der Waals surface area contributed by atoms with Gasteiger partial charge in [-0.15, -0.1) is 0 Å². The van der Waals surface area contributed by atoms with Crippen molar-refractivity contribution >= 4 is 35.0 Å². The highest BCUT2D eigenvalue weighted by Gasteiger charge is 2.03. The number of aliphatic imine (C=N–C) groups is 1. The number of non-ortho nitro benzene ring substituents is 1. The smallest absolute Gasteiger partial charge is 0.269 e. The fourth-order valence-corrected chi connectivity index (χ4v) is 1.16. The number of nitro groups is 1. The predicted molar refractivity (Wildman–Crippen MR) is 71.5 cm³/mol. The van der Waals surface area contributed by atoms with E-state index in [1.807, 2.05) is 14.1 Å². The van der Waals surface area contributed by atoms with E-state index in [1.54, 1.807) is 23.4 Å². The average Bonchev–Trinajstić information content (AvgIpc) is 2.27. The maximum Gasteiger partial charge on any atom is 0.269 e. The van der Waals surface area contributed by atoms with Crippen LogP contribution in [0.15, 0.2) is 29.3 Å². The second kappa shape index (κ2) is 5.90. The van der Waals surface area contributed by atoms with Crippen LogP contribution in [-0.4, -0.2) is 35.4 Å². The summed E-state index contributed by atoms with van der Waals surface area (Å²) < 4.78 is 0. The quantitative estimate of drug-likeness (QED) is 0.292. The molecule has 0 aliphatic rings. The topological polar surface area (TPSA) is 70.8 Å².